The average molecular weight is 879 g/mol. The third-order valence-corrected chi connectivity index (χ3v) is 14.5. The predicted octanol–water partition coefficient (Wildman–Crippen LogP) is 16.8. The Morgan fingerprint density at radius 3 is 1.62 bits per heavy atom. The minimum absolute atomic E-state index is 0.442. The zero-order valence-electron chi connectivity index (χ0n) is 35.0. The summed E-state index contributed by atoms with van der Waals surface area (Å²) in [5.74, 6) is 0. The molecule has 1 atom stereocenters. The molecule has 2 heteroatoms. The normalized spacial score (nSPS) is 14.6. The maximum atomic E-state index is 3.79. The Bertz CT molecular complexity index is 3460. The Morgan fingerprint density at radius 2 is 0.891 bits per heavy atom. The second kappa shape index (κ2) is 14.5. The molecule has 0 bridgehead atoms. The lowest BCUT2D eigenvalue weighted by molar-refractivity contribution is 0.784. The van der Waals surface area contributed by atoms with Crippen molar-refractivity contribution in [1.29, 1.82) is 0 Å². The highest BCUT2D eigenvalue weighted by Gasteiger charge is 2.54. The monoisotopic (exact) mass is 877 g/mol. The number of anilines is 3. The number of rotatable bonds is 6. The molecule has 3 aliphatic rings. The van der Waals surface area contributed by atoms with E-state index in [0.29, 0.717) is 0 Å². The molecule has 10 aromatic rings. The molecule has 13 rings (SSSR count). The van der Waals surface area contributed by atoms with E-state index in [1.807, 2.05) is 0 Å². The maximum Gasteiger partial charge on any atom is 0.0728 e. The SMILES string of the molecule is Brc1ccc2c(c1)-c1ccc3c(c1C2)C1(c2ccccc2-3)c2ccccc2-c2c(-c3ccc(N(c4ccc(-c5ccccc5)cc4)c4ccccc4-c4ccccc4)cc3)cccc21. The topological polar surface area (TPSA) is 3.24 Å². The van der Waals surface area contributed by atoms with E-state index in [0.717, 1.165) is 28.0 Å². The Labute approximate surface area is 382 Å². The first-order chi connectivity index (χ1) is 31.7. The first-order valence-electron chi connectivity index (χ1n) is 22.2. The summed E-state index contributed by atoms with van der Waals surface area (Å²) in [5, 5.41) is 0. The van der Waals surface area contributed by atoms with Gasteiger partial charge in [-0.3, -0.25) is 0 Å². The summed E-state index contributed by atoms with van der Waals surface area (Å²) in [4.78, 5) is 2.41. The van der Waals surface area contributed by atoms with Gasteiger partial charge in [-0.25, -0.2) is 0 Å². The van der Waals surface area contributed by atoms with E-state index >= 15 is 0 Å². The molecular weight excluding hydrogens is 839 g/mol. The highest BCUT2D eigenvalue weighted by molar-refractivity contribution is 9.10. The van der Waals surface area contributed by atoms with Gasteiger partial charge in [-0.1, -0.05) is 204 Å². The minimum atomic E-state index is -0.442. The highest BCUT2D eigenvalue weighted by Crippen LogP contribution is 2.66. The van der Waals surface area contributed by atoms with Gasteiger partial charge in [0.15, 0.2) is 0 Å². The molecule has 64 heavy (non-hydrogen) atoms. The van der Waals surface area contributed by atoms with Crippen LogP contribution in [0.15, 0.2) is 235 Å². The molecular formula is C62H40BrN. The Kier molecular flexibility index (Phi) is 8.41. The molecule has 1 spiro atoms. The second-order valence-electron chi connectivity index (χ2n) is 17.2. The Balaban J connectivity index is 0.981. The van der Waals surface area contributed by atoms with Crippen LogP contribution < -0.4 is 4.90 Å². The Morgan fingerprint density at radius 1 is 0.359 bits per heavy atom. The summed E-state index contributed by atoms with van der Waals surface area (Å²) in [6.07, 6.45) is 0.925. The largest absolute Gasteiger partial charge is 0.310 e. The van der Waals surface area contributed by atoms with Gasteiger partial charge in [-0.05, 0) is 143 Å². The van der Waals surface area contributed by atoms with E-state index < -0.39 is 5.41 Å². The lowest BCUT2D eigenvalue weighted by Crippen LogP contribution is -2.27. The molecule has 1 nitrogen and oxygen atoms in total. The summed E-state index contributed by atoms with van der Waals surface area (Å²) in [5.41, 5.74) is 26.5. The molecule has 0 amide bonds. The number of halogens is 1. The first-order valence-corrected chi connectivity index (χ1v) is 22.9. The highest BCUT2D eigenvalue weighted by atomic mass is 79.9. The lowest BCUT2D eigenvalue weighted by atomic mass is 9.68. The lowest BCUT2D eigenvalue weighted by Gasteiger charge is -2.32. The van der Waals surface area contributed by atoms with Crippen LogP contribution in [-0.2, 0) is 11.8 Å². The summed E-state index contributed by atoms with van der Waals surface area (Å²) in [6.45, 7) is 0. The van der Waals surface area contributed by atoms with Crippen LogP contribution in [0.5, 0.6) is 0 Å². The van der Waals surface area contributed by atoms with Gasteiger partial charge in [-0.15, -0.1) is 0 Å². The van der Waals surface area contributed by atoms with Crippen molar-refractivity contribution in [3.63, 3.8) is 0 Å². The van der Waals surface area contributed by atoms with E-state index in [1.54, 1.807) is 0 Å². The first kappa shape index (κ1) is 37.1. The Hall–Kier alpha value is -7.52. The maximum absolute atomic E-state index is 3.79. The van der Waals surface area contributed by atoms with Crippen LogP contribution >= 0.6 is 15.9 Å². The van der Waals surface area contributed by atoms with Crippen LogP contribution in [0.4, 0.5) is 17.1 Å². The van der Waals surface area contributed by atoms with E-state index in [2.05, 4.69) is 251 Å². The van der Waals surface area contributed by atoms with E-state index in [-0.39, 0.29) is 0 Å². The summed E-state index contributed by atoms with van der Waals surface area (Å²) in [7, 11) is 0. The van der Waals surface area contributed by atoms with Crippen molar-refractivity contribution in [2.45, 2.75) is 11.8 Å². The van der Waals surface area contributed by atoms with Gasteiger partial charge in [0.05, 0.1) is 11.1 Å². The summed E-state index contributed by atoms with van der Waals surface area (Å²) >= 11 is 3.79. The van der Waals surface area contributed by atoms with Crippen LogP contribution in [0.25, 0.3) is 66.8 Å². The minimum Gasteiger partial charge on any atom is -0.310 e. The quantitative estimate of drug-likeness (QED) is 0.161. The fourth-order valence-electron chi connectivity index (χ4n) is 11.4. The van der Waals surface area contributed by atoms with Crippen molar-refractivity contribution in [2.24, 2.45) is 0 Å². The zero-order chi connectivity index (χ0) is 42.4. The van der Waals surface area contributed by atoms with Gasteiger partial charge in [-0.2, -0.15) is 0 Å². The molecule has 0 heterocycles. The van der Waals surface area contributed by atoms with Crippen molar-refractivity contribution in [3.05, 3.63) is 268 Å². The number of hydrogen-bond acceptors (Lipinski definition) is 1. The van der Waals surface area contributed by atoms with Gasteiger partial charge in [0.1, 0.15) is 0 Å². The van der Waals surface area contributed by atoms with Gasteiger partial charge in [0, 0.05) is 21.4 Å². The number of para-hydroxylation sites is 1. The van der Waals surface area contributed by atoms with Crippen LogP contribution in [-0.4, -0.2) is 0 Å². The second-order valence-corrected chi connectivity index (χ2v) is 18.2. The van der Waals surface area contributed by atoms with Crippen LogP contribution in [0.1, 0.15) is 33.4 Å². The van der Waals surface area contributed by atoms with Crippen molar-refractivity contribution >= 4 is 33.0 Å². The molecule has 0 fully saturated rings. The van der Waals surface area contributed by atoms with Gasteiger partial charge in [0.25, 0.3) is 0 Å². The van der Waals surface area contributed by atoms with Crippen LogP contribution in [0.2, 0.25) is 0 Å². The molecule has 1 unspecified atom stereocenters. The number of fused-ring (bicyclic) bond motifs is 14. The van der Waals surface area contributed by atoms with Crippen molar-refractivity contribution in [2.75, 3.05) is 4.90 Å². The molecule has 3 aliphatic carbocycles. The molecule has 0 radical (unpaired) electrons. The van der Waals surface area contributed by atoms with Gasteiger partial charge >= 0.3 is 0 Å². The fourth-order valence-corrected chi connectivity index (χ4v) is 11.7. The summed E-state index contributed by atoms with van der Waals surface area (Å²) in [6, 6.07) is 85.4. The van der Waals surface area contributed by atoms with Gasteiger partial charge < -0.3 is 4.90 Å². The zero-order valence-corrected chi connectivity index (χ0v) is 36.6. The summed E-state index contributed by atoms with van der Waals surface area (Å²) < 4.78 is 1.12. The van der Waals surface area contributed by atoms with Crippen molar-refractivity contribution in [3.8, 4) is 66.8 Å². The molecule has 0 N–H and O–H groups in total. The molecule has 0 aliphatic heterocycles. The van der Waals surface area contributed by atoms with Gasteiger partial charge in [0.2, 0.25) is 0 Å². The average Bonchev–Trinajstić information content (AvgIpc) is 3.99. The fraction of sp³-hybridized carbons (Fsp3) is 0.0323. The van der Waals surface area contributed by atoms with Crippen molar-refractivity contribution in [1.82, 2.24) is 0 Å². The third kappa shape index (κ3) is 5.42. The number of benzene rings is 10. The predicted molar refractivity (Wildman–Crippen MR) is 270 cm³/mol. The van der Waals surface area contributed by atoms with E-state index in [1.165, 1.54) is 100 Å². The standard InChI is InChI=1S/C62H40BrN/c63-45-31-26-44-38-55-50(54(44)39-45)36-37-52-51-19-7-10-22-56(51)62(61(52)55)57-23-11-8-20-53(57)60-49(21-13-24-58(60)62)43-29-34-47(35-30-43)64(46-32-27-41(28-33-46)40-14-3-1-4-15-40)59-25-12-9-18-48(59)42-16-5-2-6-17-42/h1-37,39H,38H2. The third-order valence-electron chi connectivity index (χ3n) is 14.0. The van der Waals surface area contributed by atoms with E-state index in [9.17, 15) is 0 Å². The number of hydrogen-bond donors (Lipinski definition) is 0. The smallest absolute Gasteiger partial charge is 0.0728 e. The number of nitrogens with zero attached hydrogens (tertiary/aromatic N) is 1. The molecule has 0 saturated heterocycles. The van der Waals surface area contributed by atoms with Crippen LogP contribution in [0.3, 0.4) is 0 Å². The van der Waals surface area contributed by atoms with E-state index in [4.69, 9.17) is 0 Å². The molecule has 0 saturated carbocycles. The van der Waals surface area contributed by atoms with Crippen molar-refractivity contribution < 1.29 is 0 Å². The van der Waals surface area contributed by atoms with Crippen LogP contribution in [0, 0.1) is 0 Å². The molecule has 0 aromatic heterocycles. The molecule has 300 valence electrons. The molecule has 10 aromatic carbocycles.